The topological polar surface area (TPSA) is 24.9 Å². The Morgan fingerprint density at radius 3 is 2.62 bits per heavy atom. The van der Waals surface area contributed by atoms with Crippen molar-refractivity contribution >= 4 is 11.3 Å². The molecule has 1 aliphatic carbocycles. The van der Waals surface area contributed by atoms with Gasteiger partial charge in [0, 0.05) is 17.3 Å². The van der Waals surface area contributed by atoms with Crippen LogP contribution in [0, 0.1) is 19.8 Å². The van der Waals surface area contributed by atoms with Crippen LogP contribution in [0.2, 0.25) is 0 Å². The number of rotatable bonds is 8. The maximum absolute atomic E-state index is 4.73. The number of nitrogens with zero attached hydrogens (tertiary/aromatic N) is 1. The second kappa shape index (κ2) is 8.89. The zero-order valence-electron chi connectivity index (χ0n) is 14.1. The Hall–Kier alpha value is -0.410. The molecule has 0 radical (unpaired) electrons. The van der Waals surface area contributed by atoms with Crippen LogP contribution in [-0.2, 0) is 6.42 Å². The molecule has 2 nitrogen and oxygen atoms in total. The number of hydrogen-bond donors (Lipinski definition) is 1. The van der Waals surface area contributed by atoms with Crippen molar-refractivity contribution in [1.29, 1.82) is 0 Å². The van der Waals surface area contributed by atoms with Crippen LogP contribution in [0.4, 0.5) is 0 Å². The smallest absolute Gasteiger partial charge is 0.0946 e. The van der Waals surface area contributed by atoms with Crippen molar-refractivity contribution in [1.82, 2.24) is 10.3 Å². The highest BCUT2D eigenvalue weighted by Gasteiger charge is 2.17. The average molecular weight is 309 g/mol. The number of nitrogens with one attached hydrogen (secondary N) is 1. The van der Waals surface area contributed by atoms with Crippen LogP contribution in [0.1, 0.15) is 73.9 Å². The van der Waals surface area contributed by atoms with Gasteiger partial charge in [0.15, 0.2) is 0 Å². The van der Waals surface area contributed by atoms with Gasteiger partial charge in [0.2, 0.25) is 0 Å². The van der Waals surface area contributed by atoms with E-state index in [1.807, 2.05) is 11.3 Å². The van der Waals surface area contributed by atoms with Crippen LogP contribution in [0.25, 0.3) is 0 Å². The van der Waals surface area contributed by atoms with E-state index in [0.717, 1.165) is 18.9 Å². The summed E-state index contributed by atoms with van der Waals surface area (Å²) in [6, 6.07) is 0.622. The third-order valence-corrected chi connectivity index (χ3v) is 5.92. The Morgan fingerprint density at radius 2 is 2.00 bits per heavy atom. The predicted octanol–water partition coefficient (Wildman–Crippen LogP) is 5.03. The molecule has 1 fully saturated rings. The zero-order chi connectivity index (χ0) is 15.1. The lowest BCUT2D eigenvalue weighted by molar-refractivity contribution is 0.312. The van der Waals surface area contributed by atoms with Gasteiger partial charge in [0.1, 0.15) is 0 Å². The molecule has 3 heteroatoms. The Bertz CT molecular complexity index is 388. The van der Waals surface area contributed by atoms with Gasteiger partial charge >= 0.3 is 0 Å². The van der Waals surface area contributed by atoms with Crippen molar-refractivity contribution in [3.8, 4) is 0 Å². The first kappa shape index (κ1) is 17.0. The van der Waals surface area contributed by atoms with Crippen molar-refractivity contribution in [2.24, 2.45) is 5.92 Å². The molecule has 1 heterocycles. The van der Waals surface area contributed by atoms with Crippen molar-refractivity contribution in [3.05, 3.63) is 15.6 Å². The predicted molar refractivity (Wildman–Crippen MR) is 93.2 cm³/mol. The maximum atomic E-state index is 4.73. The highest BCUT2D eigenvalue weighted by molar-refractivity contribution is 7.11. The van der Waals surface area contributed by atoms with Gasteiger partial charge in [-0.1, -0.05) is 39.0 Å². The quantitative estimate of drug-likeness (QED) is 0.728. The highest BCUT2D eigenvalue weighted by Crippen LogP contribution is 2.28. The molecular weight excluding hydrogens is 276 g/mol. The van der Waals surface area contributed by atoms with Crippen molar-refractivity contribution < 1.29 is 0 Å². The Kier molecular flexibility index (Phi) is 7.18. The van der Waals surface area contributed by atoms with E-state index in [-0.39, 0.29) is 0 Å². The van der Waals surface area contributed by atoms with Crippen LogP contribution >= 0.6 is 11.3 Å². The van der Waals surface area contributed by atoms with Crippen LogP contribution in [0.15, 0.2) is 0 Å². The SMILES string of the molecule is CCCNC(CCC1CCCCC1)Cc1nc(C)c(C)s1. The van der Waals surface area contributed by atoms with Crippen molar-refractivity contribution in [3.63, 3.8) is 0 Å². The first-order valence-corrected chi connectivity index (χ1v) is 9.67. The third-order valence-electron chi connectivity index (χ3n) is 4.82. The minimum absolute atomic E-state index is 0.622. The van der Waals surface area contributed by atoms with E-state index in [1.54, 1.807) is 0 Å². The molecule has 0 bridgehead atoms. The van der Waals surface area contributed by atoms with Gasteiger partial charge < -0.3 is 5.32 Å². The molecule has 1 unspecified atom stereocenters. The minimum Gasteiger partial charge on any atom is -0.314 e. The molecule has 1 N–H and O–H groups in total. The normalized spacial score (nSPS) is 18.0. The van der Waals surface area contributed by atoms with E-state index in [4.69, 9.17) is 4.98 Å². The van der Waals surface area contributed by atoms with Crippen molar-refractivity contribution in [2.45, 2.75) is 84.6 Å². The summed E-state index contributed by atoms with van der Waals surface area (Å²) < 4.78 is 0. The minimum atomic E-state index is 0.622. The molecule has 120 valence electrons. The first-order valence-electron chi connectivity index (χ1n) is 8.85. The van der Waals surface area contributed by atoms with Gasteiger partial charge in [0.25, 0.3) is 0 Å². The fourth-order valence-corrected chi connectivity index (χ4v) is 4.39. The largest absolute Gasteiger partial charge is 0.314 e. The molecule has 1 aromatic rings. The number of thiazole rings is 1. The summed E-state index contributed by atoms with van der Waals surface area (Å²) >= 11 is 1.89. The summed E-state index contributed by atoms with van der Waals surface area (Å²) in [6.45, 7) is 7.71. The third kappa shape index (κ3) is 5.71. The molecular formula is C18H32N2S. The molecule has 1 atom stereocenters. The summed E-state index contributed by atoms with van der Waals surface area (Å²) in [6.07, 6.45) is 12.4. The second-order valence-electron chi connectivity index (χ2n) is 6.69. The zero-order valence-corrected chi connectivity index (χ0v) is 14.9. The van der Waals surface area contributed by atoms with Gasteiger partial charge in [-0.2, -0.15) is 0 Å². The first-order chi connectivity index (χ1) is 10.2. The van der Waals surface area contributed by atoms with Crippen molar-refractivity contribution in [2.75, 3.05) is 6.54 Å². The molecule has 1 aliphatic rings. The molecule has 0 aliphatic heterocycles. The summed E-state index contributed by atoms with van der Waals surface area (Å²) in [5, 5.41) is 5.07. The standard InChI is InChI=1S/C18H32N2S/c1-4-12-19-17(11-10-16-8-6-5-7-9-16)13-18-20-14(2)15(3)21-18/h16-17,19H,4-13H2,1-3H3. The van der Waals surface area contributed by atoms with Crippen LogP contribution in [-0.4, -0.2) is 17.6 Å². The molecule has 1 saturated carbocycles. The molecule has 0 aromatic carbocycles. The van der Waals surface area contributed by atoms with Crippen LogP contribution in [0.3, 0.4) is 0 Å². The average Bonchev–Trinajstić information content (AvgIpc) is 2.81. The monoisotopic (exact) mass is 308 g/mol. The summed E-state index contributed by atoms with van der Waals surface area (Å²) in [5.41, 5.74) is 1.22. The molecule has 2 rings (SSSR count). The summed E-state index contributed by atoms with van der Waals surface area (Å²) in [5.74, 6) is 0.990. The van der Waals surface area contributed by atoms with Gasteiger partial charge in [-0.3, -0.25) is 0 Å². The number of aromatic nitrogens is 1. The number of hydrogen-bond acceptors (Lipinski definition) is 3. The number of aryl methyl sites for hydroxylation is 2. The second-order valence-corrected chi connectivity index (χ2v) is 7.97. The molecule has 0 spiro atoms. The molecule has 0 amide bonds. The lowest BCUT2D eigenvalue weighted by Gasteiger charge is -2.24. The highest BCUT2D eigenvalue weighted by atomic mass is 32.1. The Morgan fingerprint density at radius 1 is 1.24 bits per heavy atom. The van der Waals surface area contributed by atoms with E-state index in [2.05, 4.69) is 26.1 Å². The summed E-state index contributed by atoms with van der Waals surface area (Å²) in [7, 11) is 0. The molecule has 1 aromatic heterocycles. The molecule has 21 heavy (non-hydrogen) atoms. The van der Waals surface area contributed by atoms with Crippen LogP contribution in [0.5, 0.6) is 0 Å². The van der Waals surface area contributed by atoms with E-state index in [9.17, 15) is 0 Å². The fourth-order valence-electron chi connectivity index (χ4n) is 3.37. The lowest BCUT2D eigenvalue weighted by atomic mass is 9.85. The van der Waals surface area contributed by atoms with E-state index >= 15 is 0 Å². The van der Waals surface area contributed by atoms with Gasteiger partial charge in [-0.15, -0.1) is 11.3 Å². The van der Waals surface area contributed by atoms with E-state index < -0.39 is 0 Å². The summed E-state index contributed by atoms with van der Waals surface area (Å²) in [4.78, 5) is 6.11. The van der Waals surface area contributed by atoms with E-state index in [1.165, 1.54) is 66.9 Å². The van der Waals surface area contributed by atoms with Gasteiger partial charge in [-0.25, -0.2) is 4.98 Å². The van der Waals surface area contributed by atoms with Gasteiger partial charge in [-0.05, 0) is 45.6 Å². The lowest BCUT2D eigenvalue weighted by Crippen LogP contribution is -2.32. The fraction of sp³-hybridized carbons (Fsp3) is 0.833. The van der Waals surface area contributed by atoms with Gasteiger partial charge in [0.05, 0.1) is 10.7 Å². The maximum Gasteiger partial charge on any atom is 0.0946 e. The van der Waals surface area contributed by atoms with Crippen LogP contribution < -0.4 is 5.32 Å². The van der Waals surface area contributed by atoms with E-state index in [0.29, 0.717) is 6.04 Å². The molecule has 0 saturated heterocycles. The Labute approximate surface area is 134 Å². The Balaban J connectivity index is 1.84.